The molecule has 73 heavy (non-hydrogen) atoms. The number of unbranched alkanes of at least 4 members (excludes halogenated alkanes) is 16. The van der Waals surface area contributed by atoms with Crippen LogP contribution in [0.5, 0.6) is 0 Å². The lowest BCUT2D eigenvalue weighted by Gasteiger charge is -2.22. The lowest BCUT2D eigenvalue weighted by Crippen LogP contribution is -2.24. The summed E-state index contributed by atoms with van der Waals surface area (Å²) in [5, 5.41) is 5.19. The lowest BCUT2D eigenvalue weighted by atomic mass is 9.73. The predicted octanol–water partition coefficient (Wildman–Crippen LogP) is 20.7. The highest BCUT2D eigenvalue weighted by Gasteiger charge is 2.22. The second-order valence-electron chi connectivity index (χ2n) is 21.1. The number of hydrogen-bond acceptors (Lipinski definition) is 7. The zero-order valence-electron chi connectivity index (χ0n) is 44.8. The monoisotopic (exact) mass is 1060 g/mol. The molecule has 3 nitrogen and oxygen atoms in total. The summed E-state index contributed by atoms with van der Waals surface area (Å²) in [6, 6.07) is 34.0. The van der Waals surface area contributed by atoms with E-state index >= 15 is 0 Å². The first-order valence-corrected chi connectivity index (χ1v) is 32.7. The molecule has 6 aromatic heterocycles. The van der Waals surface area contributed by atoms with Crippen molar-refractivity contribution in [3.05, 3.63) is 107 Å². The number of thiophene rings is 4. The fraction of sp³-hybridized carbons (Fsp3) is 0.469. The van der Waals surface area contributed by atoms with Gasteiger partial charge in [0.15, 0.2) is 0 Å². The minimum absolute atomic E-state index is 0.507. The van der Waals surface area contributed by atoms with Crippen LogP contribution in [0.2, 0.25) is 0 Å². The van der Waals surface area contributed by atoms with Crippen molar-refractivity contribution in [1.82, 2.24) is 13.3 Å². The second-order valence-corrected chi connectivity index (χ2v) is 25.9. The third-order valence-corrected chi connectivity index (χ3v) is 20.5. The summed E-state index contributed by atoms with van der Waals surface area (Å²) < 4.78 is 15.7. The number of nitrogens with zero attached hydrogens (tertiary/aromatic N) is 3. The van der Waals surface area contributed by atoms with Gasteiger partial charge in [-0.3, -0.25) is 0 Å². The third-order valence-electron chi connectivity index (χ3n) is 15.4. The highest BCUT2D eigenvalue weighted by atomic mass is 32.1. The van der Waals surface area contributed by atoms with Crippen LogP contribution in [0.4, 0.5) is 0 Å². The molecule has 0 aliphatic carbocycles. The van der Waals surface area contributed by atoms with Crippen molar-refractivity contribution >= 4 is 107 Å². The third kappa shape index (κ3) is 13.6. The quantitative estimate of drug-likeness (QED) is 0.0320. The van der Waals surface area contributed by atoms with Crippen LogP contribution in [0.15, 0.2) is 90.3 Å². The Morgan fingerprint density at radius 1 is 0.493 bits per heavy atom. The summed E-state index contributed by atoms with van der Waals surface area (Å²) >= 11 is 9.14. The molecule has 3 aromatic carbocycles. The Morgan fingerprint density at radius 2 is 1.07 bits per heavy atom. The summed E-state index contributed by atoms with van der Waals surface area (Å²) in [5.74, 6) is 0. The van der Waals surface area contributed by atoms with Crippen LogP contribution >= 0.6 is 57.1 Å². The summed E-state index contributed by atoms with van der Waals surface area (Å²) in [5.41, 5.74) is 12.9. The highest BCUT2D eigenvalue weighted by Crippen LogP contribution is 2.43. The van der Waals surface area contributed by atoms with Gasteiger partial charge in [-0.15, -0.1) is 34.0 Å². The van der Waals surface area contributed by atoms with Crippen LogP contribution < -0.4 is 9.55 Å². The van der Waals surface area contributed by atoms with Crippen LogP contribution in [0, 0.1) is 6.92 Å². The molecule has 0 unspecified atom stereocenters. The van der Waals surface area contributed by atoms with E-state index in [1.165, 1.54) is 245 Å². The molecule has 0 aliphatic rings. The van der Waals surface area contributed by atoms with E-state index in [-0.39, 0.29) is 0 Å². The number of aryl methyl sites for hydroxylation is 3. The van der Waals surface area contributed by atoms with Gasteiger partial charge in [0.2, 0.25) is 7.28 Å². The van der Waals surface area contributed by atoms with E-state index in [0.717, 1.165) is 18.3 Å². The average Bonchev–Trinajstić information content (AvgIpc) is 4.28. The Hall–Kier alpha value is -3.86. The zero-order valence-corrected chi connectivity index (χ0v) is 48.9. The molecular weight excluding hydrogens is 982 g/mol. The average molecular weight is 1060 g/mol. The van der Waals surface area contributed by atoms with Gasteiger partial charge in [0.05, 0.1) is 17.2 Å². The Balaban J connectivity index is 0.958. The molecule has 0 saturated carbocycles. The maximum Gasteiger partial charge on any atom is 0.218 e. The van der Waals surface area contributed by atoms with Gasteiger partial charge in [0.25, 0.3) is 0 Å². The first kappa shape index (κ1) is 54.0. The molecule has 0 bridgehead atoms. The van der Waals surface area contributed by atoms with Gasteiger partial charge in [-0.2, -0.15) is 20.1 Å². The van der Waals surface area contributed by atoms with Crippen molar-refractivity contribution < 1.29 is 0 Å². The molecule has 6 heterocycles. The SMILES string of the molecule is CCCCCCCCC(CCCCCCCC)n1c2cc(C)ccc2c2ccc(-c3ccc(-c4ccc(-c5ccc(Bc6sc(-c7cc(CCCCCC)cs7)cc6CCCCCC)s5)c5nsnc45)s3)cc21. The molecule has 0 fully saturated rings. The molecule has 0 spiro atoms. The van der Waals surface area contributed by atoms with E-state index in [4.69, 9.17) is 8.75 Å². The Kier molecular flexibility index (Phi) is 20.2. The summed E-state index contributed by atoms with van der Waals surface area (Å²) in [6.07, 6.45) is 31.5. The topological polar surface area (TPSA) is 30.7 Å². The standard InChI is InChI=1S/C64H80BN3S5/c1-6-10-14-18-20-24-28-49(29-25-21-19-15-11-7-2)68-54-40-45(5)30-32-50(54)51-33-31-47(42-55(51)68)56-36-37-57(70-56)52-34-35-53(63-62(52)66-73-67-63)58-38-39-61(71-58)65-64-48(27-23-17-13-9-4)43-60(72-64)59-41-46(44-69-59)26-22-16-12-8-3/h30-44,49,65H,6-29H2,1-5H3. The van der Waals surface area contributed by atoms with E-state index in [1.807, 2.05) is 45.3 Å². The van der Waals surface area contributed by atoms with Gasteiger partial charge in [0.1, 0.15) is 11.0 Å². The van der Waals surface area contributed by atoms with Gasteiger partial charge in [-0.1, -0.05) is 186 Å². The number of fused-ring (bicyclic) bond motifs is 4. The number of hydrogen-bond donors (Lipinski definition) is 0. The van der Waals surface area contributed by atoms with Gasteiger partial charge in [-0.25, -0.2) is 0 Å². The second kappa shape index (κ2) is 27.3. The molecular formula is C64H80BN3S5. The molecule has 9 aromatic rings. The van der Waals surface area contributed by atoms with E-state index < -0.39 is 0 Å². The Morgan fingerprint density at radius 3 is 1.75 bits per heavy atom. The van der Waals surface area contributed by atoms with Crippen molar-refractivity contribution in [2.75, 3.05) is 0 Å². The summed E-state index contributed by atoms with van der Waals surface area (Å²) in [7, 11) is 0.993. The van der Waals surface area contributed by atoms with E-state index in [2.05, 4.69) is 129 Å². The van der Waals surface area contributed by atoms with Gasteiger partial charge in [0, 0.05) is 57.8 Å². The van der Waals surface area contributed by atoms with Crippen LogP contribution in [0.3, 0.4) is 0 Å². The summed E-state index contributed by atoms with van der Waals surface area (Å²) in [4.78, 5) is 6.74. The fourth-order valence-corrected chi connectivity index (χ4v) is 16.2. The number of rotatable bonds is 31. The molecule has 0 N–H and O–H groups in total. The van der Waals surface area contributed by atoms with Crippen LogP contribution in [-0.2, 0) is 12.8 Å². The zero-order chi connectivity index (χ0) is 50.4. The van der Waals surface area contributed by atoms with Gasteiger partial charge < -0.3 is 4.57 Å². The number of benzene rings is 3. The maximum atomic E-state index is 4.98. The smallest absolute Gasteiger partial charge is 0.218 e. The van der Waals surface area contributed by atoms with Crippen molar-refractivity contribution in [1.29, 1.82) is 0 Å². The van der Waals surface area contributed by atoms with Crippen molar-refractivity contribution in [2.45, 2.75) is 195 Å². The van der Waals surface area contributed by atoms with Crippen molar-refractivity contribution in [2.24, 2.45) is 0 Å². The molecule has 9 rings (SSSR count). The lowest BCUT2D eigenvalue weighted by molar-refractivity contribution is 0.410. The van der Waals surface area contributed by atoms with Crippen LogP contribution in [0.25, 0.3) is 73.9 Å². The molecule has 0 saturated heterocycles. The number of aromatic nitrogens is 3. The molecule has 0 atom stereocenters. The summed E-state index contributed by atoms with van der Waals surface area (Å²) in [6.45, 7) is 11.5. The molecule has 0 radical (unpaired) electrons. The van der Waals surface area contributed by atoms with E-state index in [0.29, 0.717) is 6.04 Å². The van der Waals surface area contributed by atoms with Crippen LogP contribution in [-0.4, -0.2) is 20.6 Å². The van der Waals surface area contributed by atoms with E-state index in [1.54, 1.807) is 10.3 Å². The molecule has 0 amide bonds. The van der Waals surface area contributed by atoms with E-state index in [9.17, 15) is 0 Å². The normalized spacial score (nSPS) is 12.0. The first-order valence-electron chi connectivity index (χ1n) is 28.6. The molecule has 0 aliphatic heterocycles. The van der Waals surface area contributed by atoms with Crippen molar-refractivity contribution in [3.8, 4) is 41.1 Å². The van der Waals surface area contributed by atoms with Crippen molar-refractivity contribution in [3.63, 3.8) is 0 Å². The fourth-order valence-electron chi connectivity index (χ4n) is 11.2. The van der Waals surface area contributed by atoms with Crippen LogP contribution in [0.1, 0.15) is 192 Å². The Bertz CT molecular complexity index is 3100. The molecule has 9 heteroatoms. The highest BCUT2D eigenvalue weighted by molar-refractivity contribution is 7.32. The predicted molar refractivity (Wildman–Crippen MR) is 332 cm³/mol. The largest absolute Gasteiger partial charge is 0.337 e. The maximum absolute atomic E-state index is 4.98. The minimum atomic E-state index is 0.507. The van der Waals surface area contributed by atoms with Gasteiger partial charge >= 0.3 is 0 Å². The molecule has 384 valence electrons. The first-order chi connectivity index (χ1) is 36.0. The van der Waals surface area contributed by atoms with Gasteiger partial charge in [-0.05, 0) is 125 Å². The Labute approximate surface area is 459 Å². The minimum Gasteiger partial charge on any atom is -0.337 e.